The summed E-state index contributed by atoms with van der Waals surface area (Å²) in [7, 11) is 1.52. The van der Waals surface area contributed by atoms with Gasteiger partial charge in [0.2, 0.25) is 0 Å². The highest BCUT2D eigenvalue weighted by Crippen LogP contribution is 2.05. The molecule has 0 saturated carbocycles. The van der Waals surface area contributed by atoms with Gasteiger partial charge in [0.15, 0.2) is 0 Å². The predicted molar refractivity (Wildman–Crippen MR) is 40.9 cm³/mol. The summed E-state index contributed by atoms with van der Waals surface area (Å²) < 4.78 is 22.4. The standard InChI is InChI=1S/C8H10FNO2/c1-11-6-12-5-7-2-3-10-4-8(7)9/h2-4H,5-6H2,1H3. The maximum Gasteiger partial charge on any atom is 0.146 e. The highest BCUT2D eigenvalue weighted by Gasteiger charge is 1.99. The van der Waals surface area contributed by atoms with Gasteiger partial charge >= 0.3 is 0 Å². The topological polar surface area (TPSA) is 31.4 Å². The molecule has 0 aliphatic rings. The molecule has 1 aromatic heterocycles. The van der Waals surface area contributed by atoms with E-state index in [1.54, 1.807) is 6.07 Å². The quantitative estimate of drug-likeness (QED) is 0.506. The normalized spacial score (nSPS) is 10.2. The first-order valence-electron chi connectivity index (χ1n) is 3.49. The molecule has 0 aliphatic carbocycles. The van der Waals surface area contributed by atoms with Crippen molar-refractivity contribution in [1.29, 1.82) is 0 Å². The van der Waals surface area contributed by atoms with Gasteiger partial charge in [0, 0.05) is 18.9 Å². The van der Waals surface area contributed by atoms with Gasteiger partial charge in [0.05, 0.1) is 12.8 Å². The molecular weight excluding hydrogens is 161 g/mol. The first-order valence-corrected chi connectivity index (χ1v) is 3.49. The fourth-order valence-electron chi connectivity index (χ4n) is 0.756. The van der Waals surface area contributed by atoms with Crippen LogP contribution in [0, 0.1) is 5.82 Å². The van der Waals surface area contributed by atoms with E-state index in [2.05, 4.69) is 9.72 Å². The Hall–Kier alpha value is -1.00. The van der Waals surface area contributed by atoms with Crippen molar-refractivity contribution in [3.05, 3.63) is 29.8 Å². The third-order valence-corrected chi connectivity index (χ3v) is 1.32. The fourth-order valence-corrected chi connectivity index (χ4v) is 0.756. The maximum absolute atomic E-state index is 12.8. The van der Waals surface area contributed by atoms with Crippen LogP contribution in [0.25, 0.3) is 0 Å². The molecule has 4 heteroatoms. The van der Waals surface area contributed by atoms with Crippen LogP contribution >= 0.6 is 0 Å². The van der Waals surface area contributed by atoms with Crippen molar-refractivity contribution in [3.63, 3.8) is 0 Å². The molecule has 3 nitrogen and oxygen atoms in total. The van der Waals surface area contributed by atoms with Crippen molar-refractivity contribution in [3.8, 4) is 0 Å². The Morgan fingerprint density at radius 3 is 3.08 bits per heavy atom. The zero-order chi connectivity index (χ0) is 8.81. The minimum Gasteiger partial charge on any atom is -0.359 e. The number of methoxy groups -OCH3 is 1. The highest BCUT2D eigenvalue weighted by atomic mass is 19.1. The number of rotatable bonds is 4. The molecule has 0 atom stereocenters. The van der Waals surface area contributed by atoms with Crippen LogP contribution in [-0.4, -0.2) is 18.9 Å². The number of halogens is 1. The smallest absolute Gasteiger partial charge is 0.146 e. The van der Waals surface area contributed by atoms with E-state index in [0.717, 1.165) is 6.20 Å². The van der Waals surface area contributed by atoms with Gasteiger partial charge in [-0.3, -0.25) is 4.98 Å². The van der Waals surface area contributed by atoms with E-state index >= 15 is 0 Å². The summed E-state index contributed by atoms with van der Waals surface area (Å²) in [6.45, 7) is 0.379. The van der Waals surface area contributed by atoms with E-state index in [9.17, 15) is 4.39 Å². The molecule has 1 rings (SSSR count). The summed E-state index contributed by atoms with van der Waals surface area (Å²) in [5.41, 5.74) is 0.488. The lowest BCUT2D eigenvalue weighted by Crippen LogP contribution is -1.99. The van der Waals surface area contributed by atoms with Crippen molar-refractivity contribution >= 4 is 0 Å². The Morgan fingerprint density at radius 1 is 1.58 bits per heavy atom. The molecule has 0 saturated heterocycles. The minimum atomic E-state index is -0.353. The van der Waals surface area contributed by atoms with Crippen molar-refractivity contribution in [2.75, 3.05) is 13.9 Å². The zero-order valence-corrected chi connectivity index (χ0v) is 6.79. The number of aromatic nitrogens is 1. The molecule has 0 unspecified atom stereocenters. The van der Waals surface area contributed by atoms with E-state index in [-0.39, 0.29) is 19.2 Å². The van der Waals surface area contributed by atoms with Crippen LogP contribution in [-0.2, 0) is 16.1 Å². The van der Waals surface area contributed by atoms with Crippen LogP contribution in [0.5, 0.6) is 0 Å². The van der Waals surface area contributed by atoms with Gasteiger partial charge in [-0.25, -0.2) is 4.39 Å². The molecule has 1 aromatic rings. The largest absolute Gasteiger partial charge is 0.359 e. The Morgan fingerprint density at radius 2 is 2.42 bits per heavy atom. The molecule has 0 N–H and O–H groups in total. The van der Waals surface area contributed by atoms with Crippen LogP contribution < -0.4 is 0 Å². The molecule has 66 valence electrons. The van der Waals surface area contributed by atoms with Crippen molar-refractivity contribution in [1.82, 2.24) is 4.98 Å². The van der Waals surface area contributed by atoms with Gasteiger partial charge in [0.25, 0.3) is 0 Å². The number of hydrogen-bond acceptors (Lipinski definition) is 3. The van der Waals surface area contributed by atoms with Crippen LogP contribution in [0.4, 0.5) is 4.39 Å². The summed E-state index contributed by atoms with van der Waals surface area (Å²) in [4.78, 5) is 3.61. The molecule has 0 radical (unpaired) electrons. The Labute approximate surface area is 70.1 Å². The average Bonchev–Trinajstić information content (AvgIpc) is 2.09. The second kappa shape index (κ2) is 4.79. The molecular formula is C8H10FNO2. The van der Waals surface area contributed by atoms with Gasteiger partial charge in [-0.15, -0.1) is 0 Å². The molecule has 0 spiro atoms. The molecule has 0 amide bonds. The minimum absolute atomic E-state index is 0.168. The van der Waals surface area contributed by atoms with Gasteiger partial charge in [-0.05, 0) is 6.07 Å². The van der Waals surface area contributed by atoms with E-state index < -0.39 is 0 Å². The van der Waals surface area contributed by atoms with Crippen LogP contribution in [0.2, 0.25) is 0 Å². The van der Waals surface area contributed by atoms with Crippen molar-refractivity contribution in [2.45, 2.75) is 6.61 Å². The van der Waals surface area contributed by atoms with E-state index in [4.69, 9.17) is 4.74 Å². The van der Waals surface area contributed by atoms with E-state index in [0.29, 0.717) is 5.56 Å². The number of ether oxygens (including phenoxy) is 2. The highest BCUT2D eigenvalue weighted by molar-refractivity contribution is 5.10. The van der Waals surface area contributed by atoms with Gasteiger partial charge in [-0.2, -0.15) is 0 Å². The second-order valence-corrected chi connectivity index (χ2v) is 2.22. The lowest BCUT2D eigenvalue weighted by molar-refractivity contribution is -0.0398. The maximum atomic E-state index is 12.8. The van der Waals surface area contributed by atoms with Gasteiger partial charge in [-0.1, -0.05) is 0 Å². The lowest BCUT2D eigenvalue weighted by atomic mass is 10.3. The summed E-state index contributed by atoms with van der Waals surface area (Å²) in [6, 6.07) is 1.57. The van der Waals surface area contributed by atoms with Gasteiger partial charge < -0.3 is 9.47 Å². The zero-order valence-electron chi connectivity index (χ0n) is 6.79. The molecule has 0 bridgehead atoms. The number of hydrogen-bond donors (Lipinski definition) is 0. The monoisotopic (exact) mass is 171 g/mol. The third kappa shape index (κ3) is 2.56. The molecule has 0 aliphatic heterocycles. The Balaban J connectivity index is 2.46. The average molecular weight is 171 g/mol. The SMILES string of the molecule is COCOCc1ccncc1F. The first-order chi connectivity index (χ1) is 5.84. The number of pyridine rings is 1. The molecule has 1 heterocycles. The van der Waals surface area contributed by atoms with Gasteiger partial charge in [0.1, 0.15) is 12.6 Å². The Kier molecular flexibility index (Phi) is 3.63. The van der Waals surface area contributed by atoms with E-state index in [1.807, 2.05) is 0 Å². The summed E-state index contributed by atoms with van der Waals surface area (Å²) in [6.07, 6.45) is 2.68. The second-order valence-electron chi connectivity index (χ2n) is 2.22. The lowest BCUT2D eigenvalue weighted by Gasteiger charge is -2.02. The third-order valence-electron chi connectivity index (χ3n) is 1.32. The Bertz CT molecular complexity index is 242. The first kappa shape index (κ1) is 9.09. The van der Waals surface area contributed by atoms with Crippen LogP contribution in [0.3, 0.4) is 0 Å². The van der Waals surface area contributed by atoms with Crippen LogP contribution in [0.15, 0.2) is 18.5 Å². The summed E-state index contributed by atoms with van der Waals surface area (Å²) in [5, 5.41) is 0. The van der Waals surface area contributed by atoms with E-state index in [1.165, 1.54) is 13.3 Å². The van der Waals surface area contributed by atoms with Crippen molar-refractivity contribution in [2.24, 2.45) is 0 Å². The molecule has 0 aromatic carbocycles. The predicted octanol–water partition coefficient (Wildman–Crippen LogP) is 1.34. The fraction of sp³-hybridized carbons (Fsp3) is 0.375. The molecule has 0 fully saturated rings. The number of nitrogens with zero attached hydrogens (tertiary/aromatic N) is 1. The summed E-state index contributed by atoms with van der Waals surface area (Å²) in [5.74, 6) is -0.353. The van der Waals surface area contributed by atoms with Crippen LogP contribution in [0.1, 0.15) is 5.56 Å². The van der Waals surface area contributed by atoms with Crippen molar-refractivity contribution < 1.29 is 13.9 Å². The molecule has 12 heavy (non-hydrogen) atoms. The summed E-state index contributed by atoms with van der Waals surface area (Å²) >= 11 is 0.